The number of rotatable bonds is 5. The fourth-order valence-corrected chi connectivity index (χ4v) is 3.44. The zero-order valence-corrected chi connectivity index (χ0v) is 13.9. The van der Waals surface area contributed by atoms with E-state index < -0.39 is 8.32 Å². The van der Waals surface area contributed by atoms with E-state index in [9.17, 15) is 0 Å². The van der Waals surface area contributed by atoms with E-state index in [1.807, 2.05) is 0 Å². The average Bonchev–Trinajstić information content (AvgIpc) is 2.76. The second kappa shape index (κ2) is 4.67. The Morgan fingerprint density at radius 3 is 2.29 bits per heavy atom. The van der Waals surface area contributed by atoms with Gasteiger partial charge in [0, 0.05) is 0 Å². The molecular formula is C14H30O2Si. The highest BCUT2D eigenvalue weighted by atomic mass is 28.4. The molecule has 1 heterocycles. The Balaban J connectivity index is 2.59. The predicted molar refractivity (Wildman–Crippen MR) is 75.9 cm³/mol. The Bertz CT molecular complexity index is 270. The van der Waals surface area contributed by atoms with E-state index >= 15 is 0 Å². The van der Waals surface area contributed by atoms with Crippen LogP contribution in [-0.2, 0) is 9.16 Å². The van der Waals surface area contributed by atoms with Gasteiger partial charge in [-0.1, -0.05) is 34.1 Å². The molecular weight excluding hydrogens is 228 g/mol. The van der Waals surface area contributed by atoms with Crippen molar-refractivity contribution >= 4 is 8.32 Å². The van der Waals surface area contributed by atoms with Gasteiger partial charge in [0.15, 0.2) is 8.32 Å². The topological polar surface area (TPSA) is 21.8 Å². The van der Waals surface area contributed by atoms with Crippen molar-refractivity contribution in [1.82, 2.24) is 0 Å². The molecule has 1 aliphatic heterocycles. The van der Waals surface area contributed by atoms with Gasteiger partial charge in [0.25, 0.3) is 0 Å². The minimum absolute atomic E-state index is 0.0362. The van der Waals surface area contributed by atoms with E-state index in [0.29, 0.717) is 6.10 Å². The maximum atomic E-state index is 6.42. The van der Waals surface area contributed by atoms with Crippen molar-refractivity contribution in [3.8, 4) is 0 Å². The predicted octanol–water partition coefficient (Wildman–Crippen LogP) is 4.35. The third-order valence-electron chi connectivity index (χ3n) is 4.61. The summed E-state index contributed by atoms with van der Waals surface area (Å²) in [7, 11) is -1.67. The van der Waals surface area contributed by atoms with Gasteiger partial charge in [-0.25, -0.2) is 0 Å². The van der Waals surface area contributed by atoms with Crippen LogP contribution < -0.4 is 0 Å². The molecule has 0 amide bonds. The molecule has 3 atom stereocenters. The fraction of sp³-hybridized carbons (Fsp3) is 1.00. The van der Waals surface area contributed by atoms with Crippen molar-refractivity contribution in [3.63, 3.8) is 0 Å². The minimum atomic E-state index is -1.67. The molecule has 0 N–H and O–H groups in total. The van der Waals surface area contributed by atoms with Crippen LogP contribution in [0.4, 0.5) is 0 Å². The second-order valence-corrected chi connectivity index (χ2v) is 11.9. The molecule has 0 aromatic heterocycles. The summed E-state index contributed by atoms with van der Waals surface area (Å²) >= 11 is 0. The van der Waals surface area contributed by atoms with Gasteiger partial charge < -0.3 is 9.16 Å². The van der Waals surface area contributed by atoms with Crippen molar-refractivity contribution in [2.24, 2.45) is 0 Å². The van der Waals surface area contributed by atoms with Gasteiger partial charge >= 0.3 is 0 Å². The van der Waals surface area contributed by atoms with E-state index in [1.165, 1.54) is 6.42 Å². The lowest BCUT2D eigenvalue weighted by Gasteiger charge is -2.39. The molecule has 0 radical (unpaired) electrons. The largest absolute Gasteiger partial charge is 0.411 e. The van der Waals surface area contributed by atoms with Crippen LogP contribution in [0.2, 0.25) is 18.1 Å². The summed E-state index contributed by atoms with van der Waals surface area (Å²) in [5, 5.41) is 0.271. The average molecular weight is 258 g/mol. The van der Waals surface area contributed by atoms with Gasteiger partial charge in [0.05, 0.1) is 12.2 Å². The Labute approximate surface area is 108 Å². The molecule has 2 nitrogen and oxygen atoms in total. The summed E-state index contributed by atoms with van der Waals surface area (Å²) in [5.74, 6) is 0. The van der Waals surface area contributed by atoms with Gasteiger partial charge in [0.2, 0.25) is 0 Å². The maximum Gasteiger partial charge on any atom is 0.192 e. The first-order valence-corrected chi connectivity index (χ1v) is 9.81. The van der Waals surface area contributed by atoms with Crippen molar-refractivity contribution < 1.29 is 9.16 Å². The SMILES string of the molecule is CCC[C@@H]1O[C@@]1(C)[C@H](C)O[Si](C)(C)C(C)(C)C. The first kappa shape index (κ1) is 15.2. The van der Waals surface area contributed by atoms with Crippen LogP contribution in [0.1, 0.15) is 54.4 Å². The molecule has 0 bridgehead atoms. The standard InChI is InChI=1S/C14H30O2Si/c1-9-10-12-14(6,15-12)11(2)16-17(7,8)13(3,4)5/h11-12H,9-10H2,1-8H3/t11-,12-,14-/m0/s1. The van der Waals surface area contributed by atoms with Crippen LogP contribution in [0.25, 0.3) is 0 Å². The summed E-state index contributed by atoms with van der Waals surface area (Å²) in [4.78, 5) is 0. The molecule has 1 rings (SSSR count). The Morgan fingerprint density at radius 2 is 1.88 bits per heavy atom. The molecule has 0 saturated carbocycles. The van der Waals surface area contributed by atoms with Gasteiger partial charge in [-0.3, -0.25) is 0 Å². The van der Waals surface area contributed by atoms with Crippen LogP contribution >= 0.6 is 0 Å². The third-order valence-corrected chi connectivity index (χ3v) is 9.17. The Kier molecular flexibility index (Phi) is 4.17. The van der Waals surface area contributed by atoms with Crippen LogP contribution in [-0.4, -0.2) is 26.1 Å². The van der Waals surface area contributed by atoms with Crippen molar-refractivity contribution in [2.45, 2.75) is 90.3 Å². The van der Waals surface area contributed by atoms with Crippen LogP contribution in [0.3, 0.4) is 0 Å². The molecule has 102 valence electrons. The smallest absolute Gasteiger partial charge is 0.192 e. The third kappa shape index (κ3) is 3.12. The summed E-state index contributed by atoms with van der Waals surface area (Å²) in [6.07, 6.45) is 2.96. The summed E-state index contributed by atoms with van der Waals surface area (Å²) in [6, 6.07) is 0. The highest BCUT2D eigenvalue weighted by molar-refractivity contribution is 6.74. The lowest BCUT2D eigenvalue weighted by Crippen LogP contribution is -2.47. The Morgan fingerprint density at radius 1 is 1.35 bits per heavy atom. The summed E-state index contributed by atoms with van der Waals surface area (Å²) in [5.41, 5.74) is -0.0362. The second-order valence-electron chi connectivity index (χ2n) is 7.10. The zero-order valence-electron chi connectivity index (χ0n) is 12.9. The van der Waals surface area contributed by atoms with Crippen molar-refractivity contribution in [1.29, 1.82) is 0 Å². The van der Waals surface area contributed by atoms with Gasteiger partial charge in [-0.05, 0) is 38.4 Å². The number of ether oxygens (including phenoxy) is 1. The van der Waals surface area contributed by atoms with Gasteiger partial charge in [0.1, 0.15) is 5.60 Å². The van der Waals surface area contributed by atoms with Gasteiger partial charge in [-0.15, -0.1) is 0 Å². The van der Waals surface area contributed by atoms with Crippen LogP contribution in [0, 0.1) is 0 Å². The Hall–Kier alpha value is 0.137. The lowest BCUT2D eigenvalue weighted by molar-refractivity contribution is 0.108. The summed E-state index contributed by atoms with van der Waals surface area (Å²) < 4.78 is 12.3. The van der Waals surface area contributed by atoms with Crippen LogP contribution in [0.5, 0.6) is 0 Å². The summed E-state index contributed by atoms with van der Waals surface area (Å²) in [6.45, 7) is 18.1. The molecule has 0 aromatic carbocycles. The van der Waals surface area contributed by atoms with E-state index in [1.54, 1.807) is 0 Å². The number of epoxide rings is 1. The number of hydrogen-bond donors (Lipinski definition) is 0. The minimum Gasteiger partial charge on any atom is -0.411 e. The molecule has 0 unspecified atom stereocenters. The fourth-order valence-electron chi connectivity index (χ4n) is 1.97. The highest BCUT2D eigenvalue weighted by Crippen LogP contribution is 2.46. The quantitative estimate of drug-likeness (QED) is 0.540. The van der Waals surface area contributed by atoms with E-state index in [-0.39, 0.29) is 16.7 Å². The molecule has 0 aliphatic carbocycles. The van der Waals surface area contributed by atoms with E-state index in [4.69, 9.17) is 9.16 Å². The first-order valence-electron chi connectivity index (χ1n) is 6.90. The monoisotopic (exact) mass is 258 g/mol. The molecule has 17 heavy (non-hydrogen) atoms. The molecule has 1 aliphatic rings. The van der Waals surface area contributed by atoms with Crippen molar-refractivity contribution in [2.75, 3.05) is 0 Å². The molecule has 0 aromatic rings. The van der Waals surface area contributed by atoms with E-state index in [0.717, 1.165) is 6.42 Å². The number of hydrogen-bond acceptors (Lipinski definition) is 2. The zero-order chi connectivity index (χ0) is 13.5. The lowest BCUT2D eigenvalue weighted by atomic mass is 9.99. The molecule has 1 fully saturated rings. The molecule has 3 heteroatoms. The first-order chi connectivity index (χ1) is 7.54. The normalized spacial score (nSPS) is 31.4. The van der Waals surface area contributed by atoms with Crippen LogP contribution in [0.15, 0.2) is 0 Å². The van der Waals surface area contributed by atoms with Crippen molar-refractivity contribution in [3.05, 3.63) is 0 Å². The molecule has 1 saturated heterocycles. The van der Waals surface area contributed by atoms with Gasteiger partial charge in [-0.2, -0.15) is 0 Å². The van der Waals surface area contributed by atoms with E-state index in [2.05, 4.69) is 54.6 Å². The maximum absolute atomic E-state index is 6.42. The molecule has 0 spiro atoms. The highest BCUT2D eigenvalue weighted by Gasteiger charge is 2.57.